The van der Waals surface area contributed by atoms with Crippen LogP contribution in [0.15, 0.2) is 24.3 Å². The number of carbonyl (C=O) groups excluding carboxylic acids is 1. The molecule has 1 rings (SSSR count). The highest BCUT2D eigenvalue weighted by Crippen LogP contribution is 2.25. The number of benzene rings is 1. The fraction of sp³-hybridized carbons (Fsp3) is 0.588. The molecule has 0 heterocycles. The van der Waals surface area contributed by atoms with Crippen LogP contribution in [0.2, 0.25) is 0 Å². The van der Waals surface area contributed by atoms with E-state index in [-0.39, 0.29) is 0 Å². The molecule has 0 spiro atoms. The van der Waals surface area contributed by atoms with Crippen molar-refractivity contribution in [1.29, 1.82) is 0 Å². The van der Waals surface area contributed by atoms with Gasteiger partial charge in [-0.25, -0.2) is 4.79 Å². The molecule has 0 aliphatic rings. The van der Waals surface area contributed by atoms with Crippen molar-refractivity contribution >= 4 is 6.09 Å². The number of para-hydroxylation sites is 2. The number of nitrogens with one attached hydrogen (secondary N) is 1. The van der Waals surface area contributed by atoms with Gasteiger partial charge in [0.25, 0.3) is 0 Å². The Labute approximate surface area is 138 Å². The Bertz CT molecular complexity index is 486. The molecule has 0 fully saturated rings. The van der Waals surface area contributed by atoms with Gasteiger partial charge in [0, 0.05) is 19.6 Å². The number of ether oxygens (including phenoxy) is 3. The van der Waals surface area contributed by atoms with Gasteiger partial charge in [0.1, 0.15) is 12.2 Å². The first-order valence-electron chi connectivity index (χ1n) is 7.73. The average Bonchev–Trinajstić information content (AvgIpc) is 2.46. The summed E-state index contributed by atoms with van der Waals surface area (Å²) in [6.07, 6.45) is -0.392. The number of methoxy groups -OCH3 is 1. The molecule has 1 aromatic rings. The lowest BCUT2D eigenvalue weighted by Gasteiger charge is -2.21. The lowest BCUT2D eigenvalue weighted by atomic mass is 10.2. The molecule has 1 amide bonds. The minimum Gasteiger partial charge on any atom is -0.493 e. The number of likely N-dealkylation sites (N-methyl/N-ethyl adjacent to an activating group) is 1. The van der Waals surface area contributed by atoms with Crippen LogP contribution in [0.1, 0.15) is 20.8 Å². The Morgan fingerprint density at radius 1 is 1.17 bits per heavy atom. The number of rotatable bonds is 8. The summed E-state index contributed by atoms with van der Waals surface area (Å²) in [5, 5.41) is 2.73. The molecule has 0 bridgehead atoms. The molecular formula is C17H28N2O4. The molecule has 0 aliphatic carbocycles. The van der Waals surface area contributed by atoms with Crippen molar-refractivity contribution in [1.82, 2.24) is 10.2 Å². The van der Waals surface area contributed by atoms with Crippen LogP contribution in [0, 0.1) is 0 Å². The predicted octanol–water partition coefficient (Wildman–Crippen LogP) is 2.53. The predicted molar refractivity (Wildman–Crippen MR) is 90.2 cm³/mol. The first-order valence-corrected chi connectivity index (χ1v) is 7.73. The maximum Gasteiger partial charge on any atom is 0.407 e. The fourth-order valence-corrected chi connectivity index (χ4v) is 1.82. The van der Waals surface area contributed by atoms with Gasteiger partial charge in [-0.3, -0.25) is 0 Å². The van der Waals surface area contributed by atoms with Crippen LogP contribution in [0.5, 0.6) is 11.5 Å². The zero-order valence-corrected chi connectivity index (χ0v) is 14.7. The third-order valence-corrected chi connectivity index (χ3v) is 2.96. The zero-order chi connectivity index (χ0) is 17.3. The largest absolute Gasteiger partial charge is 0.493 e. The van der Waals surface area contributed by atoms with Gasteiger partial charge in [-0.2, -0.15) is 0 Å². The first-order chi connectivity index (χ1) is 10.8. The van der Waals surface area contributed by atoms with Crippen molar-refractivity contribution in [3.8, 4) is 11.5 Å². The summed E-state index contributed by atoms with van der Waals surface area (Å²) < 4.78 is 16.1. The molecule has 1 aromatic carbocycles. The molecule has 0 aromatic heterocycles. The second kappa shape index (κ2) is 9.25. The van der Waals surface area contributed by atoms with Gasteiger partial charge in [-0.15, -0.1) is 0 Å². The molecule has 0 unspecified atom stereocenters. The molecule has 0 saturated carbocycles. The number of nitrogens with zero attached hydrogens (tertiary/aromatic N) is 1. The van der Waals surface area contributed by atoms with Gasteiger partial charge in [-0.05, 0) is 40.0 Å². The lowest BCUT2D eigenvalue weighted by molar-refractivity contribution is 0.0523. The summed E-state index contributed by atoms with van der Waals surface area (Å²) in [5.41, 5.74) is -0.474. The number of alkyl carbamates (subject to hydrolysis) is 1. The van der Waals surface area contributed by atoms with Crippen LogP contribution in [-0.4, -0.2) is 57.0 Å². The van der Waals surface area contributed by atoms with Crippen LogP contribution in [0.4, 0.5) is 4.79 Å². The third kappa shape index (κ3) is 8.30. The van der Waals surface area contributed by atoms with Crippen LogP contribution in [-0.2, 0) is 4.74 Å². The molecule has 0 aliphatic heterocycles. The number of carbonyl (C=O) groups is 1. The summed E-state index contributed by atoms with van der Waals surface area (Å²) >= 11 is 0. The SMILES string of the molecule is COc1ccccc1OCCN(C)CCNC(=O)OC(C)(C)C. The summed E-state index contributed by atoms with van der Waals surface area (Å²) in [5.74, 6) is 1.46. The molecule has 130 valence electrons. The summed E-state index contributed by atoms with van der Waals surface area (Å²) in [6.45, 7) is 8.06. The molecule has 1 N–H and O–H groups in total. The van der Waals surface area contributed by atoms with E-state index in [2.05, 4.69) is 10.2 Å². The minimum atomic E-state index is -0.474. The normalized spacial score (nSPS) is 11.2. The molecule has 0 saturated heterocycles. The van der Waals surface area contributed by atoms with Crippen molar-refractivity contribution in [2.24, 2.45) is 0 Å². The summed E-state index contributed by atoms with van der Waals surface area (Å²) in [6, 6.07) is 7.55. The van der Waals surface area contributed by atoms with Gasteiger partial charge < -0.3 is 24.4 Å². The molecule has 6 heteroatoms. The van der Waals surface area contributed by atoms with E-state index in [1.807, 2.05) is 52.1 Å². The smallest absolute Gasteiger partial charge is 0.407 e. The lowest BCUT2D eigenvalue weighted by Crippen LogP contribution is -2.37. The van der Waals surface area contributed by atoms with Crippen molar-refractivity contribution in [2.45, 2.75) is 26.4 Å². The monoisotopic (exact) mass is 324 g/mol. The molecule has 0 atom stereocenters. The standard InChI is InChI=1S/C17H28N2O4/c1-17(2,3)23-16(20)18-10-11-19(4)12-13-22-15-9-7-6-8-14(15)21-5/h6-9H,10-13H2,1-5H3,(H,18,20). The van der Waals surface area contributed by atoms with E-state index in [0.29, 0.717) is 19.7 Å². The maximum atomic E-state index is 11.5. The van der Waals surface area contributed by atoms with Crippen molar-refractivity contribution in [3.05, 3.63) is 24.3 Å². The van der Waals surface area contributed by atoms with E-state index in [1.54, 1.807) is 7.11 Å². The summed E-state index contributed by atoms with van der Waals surface area (Å²) in [4.78, 5) is 13.6. The fourth-order valence-electron chi connectivity index (χ4n) is 1.82. The highest BCUT2D eigenvalue weighted by Gasteiger charge is 2.15. The van der Waals surface area contributed by atoms with E-state index < -0.39 is 11.7 Å². The van der Waals surface area contributed by atoms with E-state index in [1.165, 1.54) is 0 Å². The Hall–Kier alpha value is -1.95. The molecular weight excluding hydrogens is 296 g/mol. The summed E-state index contributed by atoms with van der Waals surface area (Å²) in [7, 11) is 3.60. The minimum absolute atomic E-state index is 0.392. The Balaban J connectivity index is 2.20. The van der Waals surface area contributed by atoms with E-state index >= 15 is 0 Å². The van der Waals surface area contributed by atoms with E-state index in [9.17, 15) is 4.79 Å². The van der Waals surface area contributed by atoms with Gasteiger partial charge in [-0.1, -0.05) is 12.1 Å². The quantitative estimate of drug-likeness (QED) is 0.796. The topological polar surface area (TPSA) is 60.0 Å². The molecule has 6 nitrogen and oxygen atoms in total. The Morgan fingerprint density at radius 3 is 2.43 bits per heavy atom. The van der Waals surface area contributed by atoms with Gasteiger partial charge in [0.05, 0.1) is 7.11 Å². The molecule has 0 radical (unpaired) electrons. The van der Waals surface area contributed by atoms with Gasteiger partial charge >= 0.3 is 6.09 Å². The second-order valence-electron chi connectivity index (χ2n) is 6.23. The number of hydrogen-bond donors (Lipinski definition) is 1. The van der Waals surface area contributed by atoms with Crippen LogP contribution < -0.4 is 14.8 Å². The van der Waals surface area contributed by atoms with Crippen molar-refractivity contribution in [2.75, 3.05) is 40.4 Å². The van der Waals surface area contributed by atoms with Gasteiger partial charge in [0.15, 0.2) is 11.5 Å². The molecule has 23 heavy (non-hydrogen) atoms. The first kappa shape index (κ1) is 19.1. The highest BCUT2D eigenvalue weighted by atomic mass is 16.6. The van der Waals surface area contributed by atoms with Crippen LogP contribution in [0.25, 0.3) is 0 Å². The second-order valence-corrected chi connectivity index (χ2v) is 6.23. The van der Waals surface area contributed by atoms with E-state index in [4.69, 9.17) is 14.2 Å². The number of amides is 1. The average molecular weight is 324 g/mol. The van der Waals surface area contributed by atoms with Crippen LogP contribution in [0.3, 0.4) is 0 Å². The van der Waals surface area contributed by atoms with Crippen molar-refractivity contribution < 1.29 is 19.0 Å². The Kier molecular flexibility index (Phi) is 7.68. The zero-order valence-electron chi connectivity index (χ0n) is 14.7. The number of hydrogen-bond acceptors (Lipinski definition) is 5. The Morgan fingerprint density at radius 2 is 1.83 bits per heavy atom. The van der Waals surface area contributed by atoms with Gasteiger partial charge in [0.2, 0.25) is 0 Å². The van der Waals surface area contributed by atoms with E-state index in [0.717, 1.165) is 18.0 Å². The maximum absolute atomic E-state index is 11.5. The highest BCUT2D eigenvalue weighted by molar-refractivity contribution is 5.67. The third-order valence-electron chi connectivity index (χ3n) is 2.96. The van der Waals surface area contributed by atoms with Crippen molar-refractivity contribution in [3.63, 3.8) is 0 Å². The van der Waals surface area contributed by atoms with Crippen LogP contribution >= 0.6 is 0 Å².